The number of Topliss-reactive ketones (excluding diaryl/α,β-unsaturated/α-hetero) is 1. The van der Waals surface area contributed by atoms with Gasteiger partial charge in [0, 0.05) is 30.3 Å². The number of ketones is 1. The van der Waals surface area contributed by atoms with Crippen LogP contribution >= 0.6 is 11.8 Å². The average Bonchev–Trinajstić information content (AvgIpc) is 3.12. The van der Waals surface area contributed by atoms with Crippen LogP contribution in [0.25, 0.3) is 11.0 Å². The molecule has 0 fully saturated rings. The van der Waals surface area contributed by atoms with Crippen molar-refractivity contribution in [2.24, 2.45) is 7.05 Å². The van der Waals surface area contributed by atoms with Gasteiger partial charge in [-0.25, -0.2) is 9.97 Å². The molecule has 0 N–H and O–H groups in total. The largest absolute Gasteiger partial charge is 0.312 e. The van der Waals surface area contributed by atoms with Gasteiger partial charge in [0.15, 0.2) is 16.6 Å². The van der Waals surface area contributed by atoms with Crippen molar-refractivity contribution in [3.05, 3.63) is 77.9 Å². The van der Waals surface area contributed by atoms with Crippen molar-refractivity contribution in [1.82, 2.24) is 24.7 Å². The maximum Gasteiger partial charge on any atom is 0.191 e. The van der Waals surface area contributed by atoms with E-state index >= 15 is 0 Å². The molecular formula is C21H19N5OS. The fraction of sp³-hybridized carbons (Fsp3) is 0.190. The van der Waals surface area contributed by atoms with E-state index in [1.54, 1.807) is 30.4 Å². The molecule has 0 aliphatic carbocycles. The molecule has 140 valence electrons. The van der Waals surface area contributed by atoms with Gasteiger partial charge in [-0.05, 0) is 42.3 Å². The first kappa shape index (κ1) is 18.3. The van der Waals surface area contributed by atoms with E-state index in [4.69, 9.17) is 0 Å². The number of benzene rings is 1. The van der Waals surface area contributed by atoms with Crippen LogP contribution in [0.5, 0.6) is 0 Å². The third kappa shape index (κ3) is 3.94. The van der Waals surface area contributed by atoms with E-state index in [0.29, 0.717) is 17.8 Å². The van der Waals surface area contributed by atoms with E-state index in [1.807, 2.05) is 41.9 Å². The molecule has 6 nitrogen and oxygen atoms in total. The van der Waals surface area contributed by atoms with Crippen LogP contribution < -0.4 is 0 Å². The topological polar surface area (TPSA) is 73.6 Å². The second-order valence-electron chi connectivity index (χ2n) is 6.58. The lowest BCUT2D eigenvalue weighted by Crippen LogP contribution is -2.07. The smallest absolute Gasteiger partial charge is 0.191 e. The number of fused-ring (bicyclic) bond motifs is 1. The number of aromatic nitrogens is 5. The van der Waals surface area contributed by atoms with Gasteiger partial charge < -0.3 is 4.57 Å². The van der Waals surface area contributed by atoms with Crippen molar-refractivity contribution in [3.8, 4) is 0 Å². The molecule has 7 heteroatoms. The first-order valence-corrected chi connectivity index (χ1v) is 9.82. The molecule has 1 unspecified atom stereocenters. The second kappa shape index (κ2) is 7.90. The maximum atomic E-state index is 12.7. The minimum absolute atomic E-state index is 0.0155. The Balaban J connectivity index is 1.50. The zero-order valence-electron chi connectivity index (χ0n) is 15.6. The Hall–Kier alpha value is -3.06. The summed E-state index contributed by atoms with van der Waals surface area (Å²) in [6.07, 6.45) is 3.68. The van der Waals surface area contributed by atoms with E-state index in [0.717, 1.165) is 21.7 Å². The summed E-state index contributed by atoms with van der Waals surface area (Å²) in [6.45, 7) is 2.12. The van der Waals surface area contributed by atoms with Gasteiger partial charge in [0.2, 0.25) is 0 Å². The number of carbonyl (C=O) groups excluding carboxylic acids is 1. The van der Waals surface area contributed by atoms with E-state index < -0.39 is 0 Å². The Morgan fingerprint density at radius 1 is 1.18 bits per heavy atom. The number of pyridine rings is 2. The molecule has 3 heterocycles. The molecule has 3 aromatic heterocycles. The van der Waals surface area contributed by atoms with E-state index in [2.05, 4.69) is 39.2 Å². The van der Waals surface area contributed by atoms with Gasteiger partial charge in [-0.3, -0.25) is 4.79 Å². The predicted molar refractivity (Wildman–Crippen MR) is 109 cm³/mol. The average molecular weight is 389 g/mol. The normalized spacial score (nSPS) is 12.2. The Labute approximate surface area is 167 Å². The van der Waals surface area contributed by atoms with Crippen LogP contribution in [0.15, 0.2) is 66.2 Å². The molecule has 0 spiro atoms. The van der Waals surface area contributed by atoms with Crippen LogP contribution in [-0.4, -0.2) is 30.5 Å². The third-order valence-corrected chi connectivity index (χ3v) is 5.69. The molecule has 1 aromatic carbocycles. The van der Waals surface area contributed by atoms with Crippen LogP contribution in [0, 0.1) is 0 Å². The van der Waals surface area contributed by atoms with E-state index in [9.17, 15) is 4.79 Å². The molecule has 0 bridgehead atoms. The van der Waals surface area contributed by atoms with Gasteiger partial charge in [0.05, 0.1) is 0 Å². The summed E-state index contributed by atoms with van der Waals surface area (Å²) < 4.78 is 1.90. The summed E-state index contributed by atoms with van der Waals surface area (Å²) in [5.41, 5.74) is 3.15. The highest BCUT2D eigenvalue weighted by Gasteiger charge is 2.14. The summed E-state index contributed by atoms with van der Waals surface area (Å²) in [7, 11) is 1.93. The number of hydrogen-bond donors (Lipinski definition) is 0. The van der Waals surface area contributed by atoms with Gasteiger partial charge >= 0.3 is 0 Å². The highest BCUT2D eigenvalue weighted by Crippen LogP contribution is 2.33. The minimum Gasteiger partial charge on any atom is -0.312 e. The molecule has 0 radical (unpaired) electrons. The maximum absolute atomic E-state index is 12.7. The van der Waals surface area contributed by atoms with Crippen LogP contribution in [-0.2, 0) is 13.5 Å². The molecule has 0 saturated carbocycles. The van der Waals surface area contributed by atoms with Crippen molar-refractivity contribution in [3.63, 3.8) is 0 Å². The Bertz CT molecular complexity index is 1140. The van der Waals surface area contributed by atoms with Gasteiger partial charge in [-0.2, -0.15) is 0 Å². The molecule has 4 rings (SSSR count). The Morgan fingerprint density at radius 3 is 2.89 bits per heavy atom. The Kier molecular flexibility index (Phi) is 5.16. The van der Waals surface area contributed by atoms with Gasteiger partial charge in [-0.15, -0.1) is 10.2 Å². The van der Waals surface area contributed by atoms with Gasteiger partial charge in [0.1, 0.15) is 12.0 Å². The number of thioether (sulfide) groups is 1. The zero-order chi connectivity index (χ0) is 19.5. The van der Waals surface area contributed by atoms with Crippen LogP contribution in [0.2, 0.25) is 0 Å². The number of carbonyl (C=O) groups is 1. The lowest BCUT2D eigenvalue weighted by atomic mass is 10.0. The highest BCUT2D eigenvalue weighted by molar-refractivity contribution is 7.99. The lowest BCUT2D eigenvalue weighted by molar-refractivity contribution is 0.0988. The molecule has 0 saturated heterocycles. The molecular weight excluding hydrogens is 370 g/mol. The van der Waals surface area contributed by atoms with Gasteiger partial charge in [0.25, 0.3) is 0 Å². The van der Waals surface area contributed by atoms with Crippen LogP contribution in [0.4, 0.5) is 0 Å². The predicted octanol–water partition coefficient (Wildman–Crippen LogP) is 4.04. The van der Waals surface area contributed by atoms with Crippen molar-refractivity contribution < 1.29 is 4.79 Å². The first-order valence-electron chi connectivity index (χ1n) is 8.94. The summed E-state index contributed by atoms with van der Waals surface area (Å²) in [6, 6.07) is 15.6. The van der Waals surface area contributed by atoms with E-state index in [1.165, 1.54) is 0 Å². The van der Waals surface area contributed by atoms with Crippen molar-refractivity contribution in [1.29, 1.82) is 0 Å². The molecule has 28 heavy (non-hydrogen) atoms. The minimum atomic E-state index is -0.0155. The lowest BCUT2D eigenvalue weighted by Gasteiger charge is -2.12. The molecule has 0 amide bonds. The number of rotatable bonds is 6. The fourth-order valence-electron chi connectivity index (χ4n) is 2.95. The molecule has 0 aliphatic heterocycles. The SMILES string of the molecule is CC(Sc1nncn1C)c1cccc(CC(=O)c2ccc3cccnc3n2)c1. The van der Waals surface area contributed by atoms with Crippen molar-refractivity contribution >= 4 is 28.6 Å². The molecule has 1 atom stereocenters. The van der Waals surface area contributed by atoms with E-state index in [-0.39, 0.29) is 11.0 Å². The van der Waals surface area contributed by atoms with Crippen molar-refractivity contribution in [2.45, 2.75) is 23.8 Å². The first-order chi connectivity index (χ1) is 13.6. The Morgan fingerprint density at radius 2 is 2.07 bits per heavy atom. The second-order valence-corrected chi connectivity index (χ2v) is 7.88. The quantitative estimate of drug-likeness (QED) is 0.366. The van der Waals surface area contributed by atoms with Gasteiger partial charge in [-0.1, -0.05) is 36.0 Å². The standard InChI is InChI=1S/C21H19N5OS/c1-14(28-21-25-23-13-26(21)2)17-6-3-5-15(11-17)12-19(27)18-9-8-16-7-4-10-22-20(16)24-18/h3-11,13-14H,12H2,1-2H3. The van der Waals surface area contributed by atoms with Crippen LogP contribution in [0.1, 0.15) is 33.8 Å². The number of nitrogens with zero attached hydrogens (tertiary/aromatic N) is 5. The summed E-state index contributed by atoms with van der Waals surface area (Å²) >= 11 is 1.64. The summed E-state index contributed by atoms with van der Waals surface area (Å²) in [4.78, 5) is 21.4. The number of aryl methyl sites for hydroxylation is 1. The fourth-order valence-corrected chi connectivity index (χ4v) is 3.85. The highest BCUT2D eigenvalue weighted by atomic mass is 32.2. The molecule has 0 aliphatic rings. The zero-order valence-corrected chi connectivity index (χ0v) is 16.4. The monoisotopic (exact) mass is 389 g/mol. The van der Waals surface area contributed by atoms with Crippen LogP contribution in [0.3, 0.4) is 0 Å². The molecule has 4 aromatic rings. The summed E-state index contributed by atoms with van der Waals surface area (Å²) in [5.74, 6) is -0.0155. The number of hydrogen-bond acceptors (Lipinski definition) is 6. The van der Waals surface area contributed by atoms with Crippen molar-refractivity contribution in [2.75, 3.05) is 0 Å². The third-order valence-electron chi connectivity index (χ3n) is 4.49. The summed E-state index contributed by atoms with van der Waals surface area (Å²) in [5, 5.41) is 10.0.